The van der Waals surface area contributed by atoms with Gasteiger partial charge in [-0.05, 0) is 36.4 Å². The van der Waals surface area contributed by atoms with Gasteiger partial charge >= 0.3 is 0 Å². The van der Waals surface area contributed by atoms with Gasteiger partial charge in [-0.15, -0.1) is 11.3 Å². The maximum absolute atomic E-state index is 12.8. The van der Waals surface area contributed by atoms with E-state index in [4.69, 9.17) is 0 Å². The van der Waals surface area contributed by atoms with Crippen LogP contribution in [0.1, 0.15) is 40.6 Å². The first-order valence-corrected chi connectivity index (χ1v) is 10.1. The van der Waals surface area contributed by atoms with Crippen LogP contribution in [0.3, 0.4) is 0 Å². The highest BCUT2D eigenvalue weighted by atomic mass is 32.1. The highest BCUT2D eigenvalue weighted by Gasteiger charge is 2.20. The maximum Gasteiger partial charge on any atom is 0.236 e. The van der Waals surface area contributed by atoms with Crippen LogP contribution in [0.15, 0.2) is 72.1 Å². The largest absolute Gasteiger partial charge is 0.338 e. The van der Waals surface area contributed by atoms with Crippen LogP contribution in [0.25, 0.3) is 0 Å². The summed E-state index contributed by atoms with van der Waals surface area (Å²) >= 11 is 1.71. The van der Waals surface area contributed by atoms with Gasteiger partial charge in [0.05, 0.1) is 18.6 Å². The fourth-order valence-corrected chi connectivity index (χ4v) is 3.91. The minimum absolute atomic E-state index is 0.0231. The number of hydrogen-bond acceptors (Lipinski definition) is 3. The van der Waals surface area contributed by atoms with Crippen LogP contribution in [0, 0.1) is 6.92 Å². The van der Waals surface area contributed by atoms with Crippen LogP contribution in [0.5, 0.6) is 0 Å². The first-order valence-electron chi connectivity index (χ1n) is 9.20. The molecule has 0 unspecified atom stereocenters. The van der Waals surface area contributed by atoms with Gasteiger partial charge < -0.3 is 4.90 Å². The van der Waals surface area contributed by atoms with Gasteiger partial charge in [-0.2, -0.15) is 0 Å². The molecular formula is C23H26N2OS. The van der Waals surface area contributed by atoms with Crippen molar-refractivity contribution in [2.24, 2.45) is 0 Å². The predicted molar refractivity (Wildman–Crippen MR) is 113 cm³/mol. The van der Waals surface area contributed by atoms with Crippen molar-refractivity contribution in [1.82, 2.24) is 10.2 Å². The lowest BCUT2D eigenvalue weighted by molar-refractivity contribution is -0.130. The average Bonchev–Trinajstić information content (AvgIpc) is 3.23. The van der Waals surface area contributed by atoms with Crippen molar-refractivity contribution in [2.75, 3.05) is 13.6 Å². The zero-order valence-corrected chi connectivity index (χ0v) is 16.9. The van der Waals surface area contributed by atoms with Crippen LogP contribution in [0.2, 0.25) is 0 Å². The SMILES string of the molecule is Cc1ccc([C@H](NCC(=O)N(C)[C@@H](C)c2ccccc2)c2cccs2)cc1. The first kappa shape index (κ1) is 19.3. The molecule has 0 aliphatic heterocycles. The van der Waals surface area contributed by atoms with Gasteiger partial charge in [0, 0.05) is 11.9 Å². The molecule has 0 saturated carbocycles. The maximum atomic E-state index is 12.8. The smallest absolute Gasteiger partial charge is 0.236 e. The number of nitrogens with zero attached hydrogens (tertiary/aromatic N) is 1. The Labute approximate surface area is 165 Å². The summed E-state index contributed by atoms with van der Waals surface area (Å²) in [5, 5.41) is 5.54. The topological polar surface area (TPSA) is 32.3 Å². The van der Waals surface area contributed by atoms with Gasteiger partial charge in [-0.25, -0.2) is 0 Å². The summed E-state index contributed by atoms with van der Waals surface area (Å²) in [6, 6.07) is 22.8. The van der Waals surface area contributed by atoms with Crippen molar-refractivity contribution in [3.05, 3.63) is 93.7 Å². The molecule has 0 radical (unpaired) electrons. The molecule has 140 valence electrons. The quantitative estimate of drug-likeness (QED) is 0.630. The summed E-state index contributed by atoms with van der Waals surface area (Å²) in [5.41, 5.74) is 3.55. The first-order chi connectivity index (χ1) is 13.1. The van der Waals surface area contributed by atoms with Crippen LogP contribution in [-0.2, 0) is 4.79 Å². The molecule has 3 aromatic rings. The zero-order valence-electron chi connectivity index (χ0n) is 16.1. The minimum Gasteiger partial charge on any atom is -0.338 e. The highest BCUT2D eigenvalue weighted by Crippen LogP contribution is 2.26. The molecule has 1 N–H and O–H groups in total. The van der Waals surface area contributed by atoms with Crippen LogP contribution in [0.4, 0.5) is 0 Å². The molecule has 3 rings (SSSR count). The predicted octanol–water partition coefficient (Wildman–Crippen LogP) is 4.96. The zero-order chi connectivity index (χ0) is 19.2. The Kier molecular flexibility index (Phi) is 6.43. The van der Waals surface area contributed by atoms with Gasteiger partial charge in [-0.3, -0.25) is 10.1 Å². The van der Waals surface area contributed by atoms with E-state index in [-0.39, 0.29) is 18.0 Å². The molecular weight excluding hydrogens is 352 g/mol. The third-order valence-electron chi connectivity index (χ3n) is 4.95. The number of thiophene rings is 1. The van der Waals surface area contributed by atoms with Gasteiger partial charge in [-0.1, -0.05) is 66.2 Å². The lowest BCUT2D eigenvalue weighted by Gasteiger charge is -2.27. The molecule has 0 bridgehead atoms. The normalized spacial score (nSPS) is 13.1. The number of hydrogen-bond donors (Lipinski definition) is 1. The van der Waals surface area contributed by atoms with E-state index in [0.29, 0.717) is 6.54 Å². The Morgan fingerprint density at radius 3 is 2.33 bits per heavy atom. The van der Waals surface area contributed by atoms with E-state index in [1.165, 1.54) is 16.0 Å². The number of nitrogens with one attached hydrogen (secondary N) is 1. The van der Waals surface area contributed by atoms with E-state index < -0.39 is 0 Å². The molecule has 0 fully saturated rings. The van der Waals surface area contributed by atoms with Crippen molar-refractivity contribution in [3.63, 3.8) is 0 Å². The van der Waals surface area contributed by atoms with E-state index in [9.17, 15) is 4.79 Å². The third-order valence-corrected chi connectivity index (χ3v) is 5.89. The van der Waals surface area contributed by atoms with Gasteiger partial charge in [0.2, 0.25) is 5.91 Å². The lowest BCUT2D eigenvalue weighted by Crippen LogP contribution is -2.38. The van der Waals surface area contributed by atoms with Crippen molar-refractivity contribution in [3.8, 4) is 0 Å². The number of amides is 1. The third kappa shape index (κ3) is 4.85. The minimum atomic E-state index is 0.0231. The van der Waals surface area contributed by atoms with E-state index in [0.717, 1.165) is 5.56 Å². The number of rotatable bonds is 7. The summed E-state index contributed by atoms with van der Waals surface area (Å²) < 4.78 is 0. The lowest BCUT2D eigenvalue weighted by atomic mass is 10.0. The highest BCUT2D eigenvalue weighted by molar-refractivity contribution is 7.10. The second-order valence-electron chi connectivity index (χ2n) is 6.83. The molecule has 0 saturated heterocycles. The number of likely N-dealkylation sites (N-methyl/N-ethyl adjacent to an activating group) is 1. The summed E-state index contributed by atoms with van der Waals surface area (Å²) in [4.78, 5) is 15.8. The molecule has 2 atom stereocenters. The standard InChI is InChI=1S/C23H26N2OS/c1-17-11-13-20(14-12-17)23(21-10-7-15-27-21)24-16-22(26)25(3)18(2)19-8-5-4-6-9-19/h4-15,18,23-24H,16H2,1-3H3/t18-,23-/m0/s1. The second-order valence-corrected chi connectivity index (χ2v) is 7.81. The molecule has 3 nitrogen and oxygen atoms in total. The summed E-state index contributed by atoms with van der Waals surface area (Å²) in [7, 11) is 1.87. The summed E-state index contributed by atoms with van der Waals surface area (Å²) in [5.74, 6) is 0.0834. The molecule has 4 heteroatoms. The van der Waals surface area contributed by atoms with Crippen molar-refractivity contribution in [2.45, 2.75) is 25.9 Å². The second kappa shape index (κ2) is 8.98. The summed E-state index contributed by atoms with van der Waals surface area (Å²) in [6.45, 7) is 4.44. The molecule has 0 spiro atoms. The molecule has 1 aromatic heterocycles. The van der Waals surface area contributed by atoms with Crippen LogP contribution < -0.4 is 5.32 Å². The van der Waals surface area contributed by atoms with Crippen molar-refractivity contribution in [1.29, 1.82) is 0 Å². The number of benzene rings is 2. The average molecular weight is 379 g/mol. The molecule has 2 aromatic carbocycles. The molecule has 1 heterocycles. The van der Waals surface area contributed by atoms with E-state index in [1.807, 2.05) is 36.2 Å². The van der Waals surface area contributed by atoms with Crippen molar-refractivity contribution >= 4 is 17.2 Å². The van der Waals surface area contributed by atoms with E-state index in [2.05, 4.69) is 67.0 Å². The van der Waals surface area contributed by atoms with Gasteiger partial charge in [0.25, 0.3) is 0 Å². The van der Waals surface area contributed by atoms with E-state index >= 15 is 0 Å². The van der Waals surface area contributed by atoms with E-state index in [1.54, 1.807) is 11.3 Å². The van der Waals surface area contributed by atoms with Gasteiger partial charge in [0.15, 0.2) is 0 Å². The molecule has 27 heavy (non-hydrogen) atoms. The fourth-order valence-electron chi connectivity index (χ4n) is 3.08. The Balaban J connectivity index is 1.69. The molecule has 0 aliphatic rings. The number of aryl methyl sites for hydroxylation is 1. The molecule has 0 aliphatic carbocycles. The van der Waals surface area contributed by atoms with Gasteiger partial charge in [0.1, 0.15) is 0 Å². The fraction of sp³-hybridized carbons (Fsp3) is 0.261. The number of carbonyl (C=O) groups excluding carboxylic acids is 1. The summed E-state index contributed by atoms with van der Waals surface area (Å²) in [6.07, 6.45) is 0. The van der Waals surface area contributed by atoms with Crippen LogP contribution >= 0.6 is 11.3 Å². The Morgan fingerprint density at radius 2 is 1.70 bits per heavy atom. The Hall–Kier alpha value is -2.43. The van der Waals surface area contributed by atoms with Crippen LogP contribution in [-0.4, -0.2) is 24.4 Å². The molecule has 1 amide bonds. The van der Waals surface area contributed by atoms with Crippen molar-refractivity contribution < 1.29 is 4.79 Å². The Morgan fingerprint density at radius 1 is 1.00 bits per heavy atom. The Bertz CT molecular complexity index is 844. The number of carbonyl (C=O) groups is 1. The monoisotopic (exact) mass is 378 g/mol.